The smallest absolute Gasteiger partial charge is 0.309 e. The highest BCUT2D eigenvalue weighted by atomic mass is 16.6. The Bertz CT molecular complexity index is 405. The molecule has 0 unspecified atom stereocenters. The second-order valence-corrected chi connectivity index (χ2v) is 7.29. The number of hydrogen-bond acceptors (Lipinski definition) is 4. The summed E-state index contributed by atoms with van der Waals surface area (Å²) in [6.45, 7) is 5.80. The van der Waals surface area contributed by atoms with Gasteiger partial charge in [-0.25, -0.2) is 0 Å². The van der Waals surface area contributed by atoms with Crippen LogP contribution in [0.5, 0.6) is 0 Å². The summed E-state index contributed by atoms with van der Waals surface area (Å²) < 4.78 is 5.59. The van der Waals surface area contributed by atoms with E-state index < -0.39 is 11.7 Å². The summed E-state index contributed by atoms with van der Waals surface area (Å²) in [6.07, 6.45) is 2.32. The number of rotatable bonds is 0. The van der Waals surface area contributed by atoms with E-state index in [2.05, 4.69) is 0 Å². The molecule has 2 saturated carbocycles. The maximum atomic E-state index is 11.8. The van der Waals surface area contributed by atoms with Gasteiger partial charge in [-0.05, 0) is 32.6 Å². The number of carbonyl (C=O) groups excluding carboxylic acids is 1. The average molecular weight is 268 g/mol. The quantitative estimate of drug-likeness (QED) is 0.653. The summed E-state index contributed by atoms with van der Waals surface area (Å²) in [4.78, 5) is 11.8. The lowest BCUT2D eigenvalue weighted by Gasteiger charge is -2.57. The normalized spacial score (nSPS) is 57.3. The second kappa shape index (κ2) is 3.95. The zero-order chi connectivity index (χ0) is 14.0. The molecule has 3 rings (SSSR count). The Morgan fingerprint density at radius 3 is 2.63 bits per heavy atom. The van der Waals surface area contributed by atoms with E-state index in [0.717, 1.165) is 12.8 Å². The van der Waals surface area contributed by atoms with E-state index in [1.165, 1.54) is 0 Å². The molecule has 1 heterocycles. The third kappa shape index (κ3) is 1.69. The van der Waals surface area contributed by atoms with Crippen molar-refractivity contribution >= 4 is 5.97 Å². The monoisotopic (exact) mass is 268 g/mol. The first-order valence-electron chi connectivity index (χ1n) is 7.38. The fourth-order valence-electron chi connectivity index (χ4n) is 4.88. The van der Waals surface area contributed by atoms with E-state index in [4.69, 9.17) is 4.74 Å². The minimum atomic E-state index is -0.859. The molecule has 0 radical (unpaired) electrons. The molecule has 7 atom stereocenters. The number of fused-ring (bicyclic) bond motifs is 3. The lowest BCUT2D eigenvalue weighted by molar-refractivity contribution is -0.212. The molecule has 4 heteroatoms. The van der Waals surface area contributed by atoms with E-state index in [-0.39, 0.29) is 35.2 Å². The van der Waals surface area contributed by atoms with Crippen LogP contribution in [0.15, 0.2) is 0 Å². The molecular weight excluding hydrogens is 244 g/mol. The van der Waals surface area contributed by atoms with Crippen LogP contribution < -0.4 is 0 Å². The Hall–Kier alpha value is -0.610. The summed E-state index contributed by atoms with van der Waals surface area (Å²) in [5.41, 5.74) is -1.20. The molecule has 4 nitrogen and oxygen atoms in total. The average Bonchev–Trinajstić information content (AvgIpc) is 2.60. The van der Waals surface area contributed by atoms with E-state index >= 15 is 0 Å². The molecule has 3 fully saturated rings. The highest BCUT2D eigenvalue weighted by Crippen LogP contribution is 2.58. The number of carbonyl (C=O) groups is 1. The summed E-state index contributed by atoms with van der Waals surface area (Å²) in [6, 6.07) is 0. The van der Waals surface area contributed by atoms with Crippen molar-refractivity contribution in [3.63, 3.8) is 0 Å². The number of esters is 1. The first kappa shape index (κ1) is 13.4. The fourth-order valence-corrected chi connectivity index (χ4v) is 4.88. The van der Waals surface area contributed by atoms with Gasteiger partial charge in [-0.3, -0.25) is 4.79 Å². The lowest BCUT2D eigenvalue weighted by Crippen LogP contribution is -2.62. The highest BCUT2D eigenvalue weighted by Gasteiger charge is 2.63. The topological polar surface area (TPSA) is 66.8 Å². The SMILES string of the molecule is C[C@@H]1C(=O)O[C@@H]2[C@H]1CC[C@]1(C)[C@H](O)CC[C@](C)(O)[C@H]21. The van der Waals surface area contributed by atoms with Gasteiger partial charge in [0.15, 0.2) is 0 Å². The van der Waals surface area contributed by atoms with Gasteiger partial charge in [0.25, 0.3) is 0 Å². The summed E-state index contributed by atoms with van der Waals surface area (Å²) in [5.74, 6) is -0.182. The van der Waals surface area contributed by atoms with Crippen LogP contribution in [0.3, 0.4) is 0 Å². The van der Waals surface area contributed by atoms with Gasteiger partial charge in [-0.15, -0.1) is 0 Å². The Morgan fingerprint density at radius 1 is 1.26 bits per heavy atom. The Morgan fingerprint density at radius 2 is 1.95 bits per heavy atom. The van der Waals surface area contributed by atoms with Crippen LogP contribution in [0.1, 0.15) is 46.5 Å². The number of ether oxygens (including phenoxy) is 1. The standard InChI is InChI=1S/C15H24O4/c1-8-9-4-6-14(2)10(16)5-7-15(3,18)12(14)11(9)19-13(8)17/h8-12,16,18H,4-7H2,1-3H3/t8-,9-,10+,11+,12+,14+,15-/m0/s1. The van der Waals surface area contributed by atoms with Gasteiger partial charge in [0, 0.05) is 17.3 Å². The van der Waals surface area contributed by atoms with Gasteiger partial charge >= 0.3 is 5.97 Å². The van der Waals surface area contributed by atoms with Gasteiger partial charge in [-0.1, -0.05) is 13.8 Å². The third-order valence-electron chi connectivity index (χ3n) is 6.10. The van der Waals surface area contributed by atoms with E-state index in [9.17, 15) is 15.0 Å². The molecule has 0 spiro atoms. The van der Waals surface area contributed by atoms with Crippen molar-refractivity contribution in [3.8, 4) is 0 Å². The van der Waals surface area contributed by atoms with Crippen molar-refractivity contribution in [2.24, 2.45) is 23.2 Å². The van der Waals surface area contributed by atoms with E-state index in [0.29, 0.717) is 12.8 Å². The predicted octanol–water partition coefficient (Wildman–Crippen LogP) is 1.49. The van der Waals surface area contributed by atoms with Crippen molar-refractivity contribution in [2.45, 2.75) is 64.3 Å². The van der Waals surface area contributed by atoms with E-state index in [1.807, 2.05) is 20.8 Å². The molecule has 0 aromatic carbocycles. The Kier molecular flexibility index (Phi) is 2.78. The van der Waals surface area contributed by atoms with Crippen LogP contribution in [0, 0.1) is 23.2 Å². The number of hydrogen-bond donors (Lipinski definition) is 2. The summed E-state index contributed by atoms with van der Waals surface area (Å²) >= 11 is 0. The van der Waals surface area contributed by atoms with Crippen molar-refractivity contribution in [3.05, 3.63) is 0 Å². The largest absolute Gasteiger partial charge is 0.461 e. The fraction of sp³-hybridized carbons (Fsp3) is 0.933. The zero-order valence-electron chi connectivity index (χ0n) is 11.9. The van der Waals surface area contributed by atoms with Crippen LogP contribution in [0.2, 0.25) is 0 Å². The Labute approximate surface area is 114 Å². The van der Waals surface area contributed by atoms with Crippen LogP contribution in [0.25, 0.3) is 0 Å². The molecule has 2 aliphatic carbocycles. The third-order valence-corrected chi connectivity index (χ3v) is 6.10. The molecule has 1 aliphatic heterocycles. The van der Waals surface area contributed by atoms with Crippen molar-refractivity contribution in [1.29, 1.82) is 0 Å². The number of aliphatic hydroxyl groups excluding tert-OH is 1. The van der Waals surface area contributed by atoms with Crippen molar-refractivity contribution in [1.82, 2.24) is 0 Å². The van der Waals surface area contributed by atoms with Crippen LogP contribution in [-0.2, 0) is 9.53 Å². The van der Waals surface area contributed by atoms with Gasteiger partial charge in [0.2, 0.25) is 0 Å². The molecule has 0 aromatic heterocycles. The maximum absolute atomic E-state index is 11.8. The van der Waals surface area contributed by atoms with Gasteiger partial charge in [0.1, 0.15) is 6.10 Å². The van der Waals surface area contributed by atoms with Gasteiger partial charge < -0.3 is 14.9 Å². The first-order valence-corrected chi connectivity index (χ1v) is 7.38. The van der Waals surface area contributed by atoms with Crippen molar-refractivity contribution in [2.75, 3.05) is 0 Å². The predicted molar refractivity (Wildman–Crippen MR) is 69.2 cm³/mol. The molecule has 19 heavy (non-hydrogen) atoms. The van der Waals surface area contributed by atoms with Crippen LogP contribution in [0.4, 0.5) is 0 Å². The molecule has 0 bridgehead atoms. The second-order valence-electron chi connectivity index (χ2n) is 7.29. The summed E-state index contributed by atoms with van der Waals surface area (Å²) in [7, 11) is 0. The minimum Gasteiger partial charge on any atom is -0.461 e. The molecule has 3 aliphatic rings. The zero-order valence-corrected chi connectivity index (χ0v) is 11.9. The van der Waals surface area contributed by atoms with Crippen LogP contribution in [-0.4, -0.2) is 34.0 Å². The molecule has 1 saturated heterocycles. The minimum absolute atomic E-state index is 0.0792. The lowest BCUT2D eigenvalue weighted by atomic mass is 9.51. The first-order chi connectivity index (χ1) is 8.77. The van der Waals surface area contributed by atoms with Crippen LogP contribution >= 0.6 is 0 Å². The molecule has 0 aromatic rings. The van der Waals surface area contributed by atoms with Gasteiger partial charge in [-0.2, -0.15) is 0 Å². The Balaban J connectivity index is 2.01. The molecule has 2 N–H and O–H groups in total. The van der Waals surface area contributed by atoms with Gasteiger partial charge in [0.05, 0.1) is 17.6 Å². The number of aliphatic hydroxyl groups is 2. The highest BCUT2D eigenvalue weighted by molar-refractivity contribution is 5.75. The summed E-state index contributed by atoms with van der Waals surface area (Å²) in [5, 5.41) is 21.2. The maximum Gasteiger partial charge on any atom is 0.309 e. The molecule has 108 valence electrons. The molecular formula is C15H24O4. The van der Waals surface area contributed by atoms with Crippen molar-refractivity contribution < 1.29 is 19.7 Å². The van der Waals surface area contributed by atoms with E-state index in [1.54, 1.807) is 0 Å². The molecule has 0 amide bonds.